The maximum Gasteiger partial charge on any atom is 0.251 e. The van der Waals surface area contributed by atoms with Gasteiger partial charge in [-0.1, -0.05) is 6.42 Å². The maximum absolute atomic E-state index is 12.7. The molecule has 0 radical (unpaired) electrons. The van der Waals surface area contributed by atoms with Crippen LogP contribution in [0.1, 0.15) is 54.6 Å². The third-order valence-corrected chi connectivity index (χ3v) is 7.48. The first-order valence-electron chi connectivity index (χ1n) is 9.54. The average molecular weight is 396 g/mol. The zero-order chi connectivity index (χ0) is 20.4. The Labute approximate surface area is 164 Å². The summed E-state index contributed by atoms with van der Waals surface area (Å²) in [5.41, 5.74) is 1.72. The van der Waals surface area contributed by atoms with E-state index in [-0.39, 0.29) is 16.3 Å². The zero-order valence-electron chi connectivity index (χ0n) is 17.4. The molecule has 6 nitrogen and oxygen atoms in total. The minimum Gasteiger partial charge on any atom is -0.350 e. The fourth-order valence-corrected chi connectivity index (χ4v) is 4.65. The second kappa shape index (κ2) is 8.29. The minimum atomic E-state index is -3.60. The molecule has 1 fully saturated rings. The van der Waals surface area contributed by atoms with Crippen molar-refractivity contribution in [1.29, 1.82) is 0 Å². The van der Waals surface area contributed by atoms with Gasteiger partial charge in [-0.2, -0.15) is 0 Å². The van der Waals surface area contributed by atoms with Crippen LogP contribution in [0.25, 0.3) is 0 Å². The summed E-state index contributed by atoms with van der Waals surface area (Å²) in [5.74, 6) is -0.238. The highest BCUT2D eigenvalue weighted by atomic mass is 32.2. The lowest BCUT2D eigenvalue weighted by Gasteiger charge is -2.41. The van der Waals surface area contributed by atoms with Crippen molar-refractivity contribution in [2.24, 2.45) is 0 Å². The van der Waals surface area contributed by atoms with E-state index < -0.39 is 10.0 Å². The van der Waals surface area contributed by atoms with Gasteiger partial charge >= 0.3 is 0 Å². The van der Waals surface area contributed by atoms with E-state index in [4.69, 9.17) is 0 Å². The fraction of sp³-hybridized carbons (Fsp3) is 0.650. The normalized spacial score (nSPS) is 16.6. The van der Waals surface area contributed by atoms with Gasteiger partial charge in [0.1, 0.15) is 0 Å². The van der Waals surface area contributed by atoms with Crippen LogP contribution in [0.3, 0.4) is 0 Å². The Bertz CT molecular complexity index is 795. The Morgan fingerprint density at radius 3 is 2.30 bits per heavy atom. The van der Waals surface area contributed by atoms with Crippen molar-refractivity contribution in [3.8, 4) is 0 Å². The quantitative estimate of drug-likeness (QED) is 0.804. The van der Waals surface area contributed by atoms with Gasteiger partial charge in [0.15, 0.2) is 0 Å². The largest absolute Gasteiger partial charge is 0.350 e. The molecule has 1 aliphatic rings. The molecule has 2 rings (SSSR count). The van der Waals surface area contributed by atoms with Crippen molar-refractivity contribution >= 4 is 15.9 Å². The summed E-state index contributed by atoms with van der Waals surface area (Å²) in [5, 5.41) is 3.00. The third-order valence-electron chi connectivity index (χ3n) is 5.53. The molecule has 1 aromatic rings. The molecule has 27 heavy (non-hydrogen) atoms. The number of rotatable bonds is 6. The standard InChI is InChI=1S/C20H33N3O3S/c1-15-12-17(13-18(16(15)2)27(25,26)22(5)6)19(24)21-14-20(3,4)23-10-8-7-9-11-23/h12-13H,7-11,14H2,1-6H3,(H,21,24). The van der Waals surface area contributed by atoms with E-state index in [1.807, 2.05) is 6.92 Å². The number of hydrogen-bond donors (Lipinski definition) is 1. The number of benzene rings is 1. The Kier molecular flexibility index (Phi) is 6.71. The van der Waals surface area contributed by atoms with Crippen molar-refractivity contribution in [2.75, 3.05) is 33.7 Å². The highest BCUT2D eigenvalue weighted by Gasteiger charge is 2.29. The van der Waals surface area contributed by atoms with Crippen molar-refractivity contribution in [3.05, 3.63) is 28.8 Å². The summed E-state index contributed by atoms with van der Waals surface area (Å²) in [7, 11) is -0.605. The molecule has 1 aliphatic heterocycles. The molecule has 7 heteroatoms. The molecule has 1 saturated heterocycles. The van der Waals surface area contributed by atoms with Gasteiger partial charge < -0.3 is 5.32 Å². The van der Waals surface area contributed by atoms with Crippen molar-refractivity contribution in [3.63, 3.8) is 0 Å². The number of hydrogen-bond acceptors (Lipinski definition) is 4. The monoisotopic (exact) mass is 395 g/mol. The molecule has 1 aromatic carbocycles. The molecular weight excluding hydrogens is 362 g/mol. The first kappa shape index (κ1) is 21.9. The molecule has 1 N–H and O–H groups in total. The lowest BCUT2D eigenvalue weighted by atomic mass is 9.98. The Morgan fingerprint density at radius 1 is 1.15 bits per heavy atom. The second-order valence-corrected chi connectivity index (χ2v) is 10.4. The van der Waals surface area contributed by atoms with E-state index >= 15 is 0 Å². The molecule has 1 amide bonds. The van der Waals surface area contributed by atoms with E-state index in [0.717, 1.165) is 18.7 Å². The van der Waals surface area contributed by atoms with Gasteiger partial charge in [-0.15, -0.1) is 0 Å². The number of sulfonamides is 1. The number of amides is 1. The SMILES string of the molecule is Cc1cc(C(=O)NCC(C)(C)N2CCCCC2)cc(S(=O)(=O)N(C)C)c1C. The van der Waals surface area contributed by atoms with Crippen LogP contribution in [0.5, 0.6) is 0 Å². The molecule has 0 bridgehead atoms. The first-order valence-corrected chi connectivity index (χ1v) is 11.0. The number of carbonyl (C=O) groups is 1. The van der Waals surface area contributed by atoms with Gasteiger partial charge in [0.25, 0.3) is 5.91 Å². The van der Waals surface area contributed by atoms with Crippen LogP contribution in [0, 0.1) is 13.8 Å². The average Bonchev–Trinajstić information content (AvgIpc) is 2.62. The molecule has 0 spiro atoms. The summed E-state index contributed by atoms with van der Waals surface area (Å²) in [6.07, 6.45) is 3.66. The summed E-state index contributed by atoms with van der Waals surface area (Å²) in [6.45, 7) is 10.5. The van der Waals surface area contributed by atoms with Crippen LogP contribution in [0.2, 0.25) is 0 Å². The van der Waals surface area contributed by atoms with E-state index in [2.05, 4.69) is 24.1 Å². The molecule has 0 atom stereocenters. The van der Waals surface area contributed by atoms with Crippen LogP contribution in [-0.4, -0.2) is 62.8 Å². The smallest absolute Gasteiger partial charge is 0.251 e. The maximum atomic E-state index is 12.7. The van der Waals surface area contributed by atoms with Gasteiger partial charge in [0.05, 0.1) is 4.90 Å². The van der Waals surface area contributed by atoms with E-state index in [1.54, 1.807) is 13.0 Å². The third kappa shape index (κ3) is 4.89. The van der Waals surface area contributed by atoms with E-state index in [1.165, 1.54) is 43.7 Å². The predicted molar refractivity (Wildman–Crippen MR) is 109 cm³/mol. The zero-order valence-corrected chi connectivity index (χ0v) is 18.2. The summed E-state index contributed by atoms with van der Waals surface area (Å²) in [6, 6.07) is 3.24. The lowest BCUT2D eigenvalue weighted by Crippen LogP contribution is -2.53. The molecular formula is C20H33N3O3S. The number of carbonyl (C=O) groups excluding carboxylic acids is 1. The van der Waals surface area contributed by atoms with E-state index in [9.17, 15) is 13.2 Å². The highest BCUT2D eigenvalue weighted by molar-refractivity contribution is 7.89. The summed E-state index contributed by atoms with van der Waals surface area (Å²) >= 11 is 0. The van der Waals surface area contributed by atoms with Gasteiger partial charge in [-0.05, 0) is 76.9 Å². The van der Waals surface area contributed by atoms with Crippen LogP contribution in [0.4, 0.5) is 0 Å². The van der Waals surface area contributed by atoms with Gasteiger partial charge in [-0.25, -0.2) is 12.7 Å². The summed E-state index contributed by atoms with van der Waals surface area (Å²) in [4.78, 5) is 15.4. The van der Waals surface area contributed by atoms with Crippen LogP contribution in [0.15, 0.2) is 17.0 Å². The molecule has 0 saturated carbocycles. The molecule has 0 unspecified atom stereocenters. The van der Waals surface area contributed by atoms with Crippen LogP contribution < -0.4 is 5.32 Å². The molecule has 0 aliphatic carbocycles. The van der Waals surface area contributed by atoms with Crippen molar-refractivity contribution in [1.82, 2.24) is 14.5 Å². The number of piperidine rings is 1. The minimum absolute atomic E-state index is 0.131. The topological polar surface area (TPSA) is 69.7 Å². The van der Waals surface area contributed by atoms with Crippen LogP contribution in [-0.2, 0) is 10.0 Å². The number of nitrogens with zero attached hydrogens (tertiary/aromatic N) is 2. The van der Waals surface area contributed by atoms with Gasteiger partial charge in [0, 0.05) is 31.7 Å². The molecule has 152 valence electrons. The highest BCUT2D eigenvalue weighted by Crippen LogP contribution is 2.24. The van der Waals surface area contributed by atoms with Gasteiger partial charge in [0.2, 0.25) is 10.0 Å². The predicted octanol–water partition coefficient (Wildman–Crippen LogP) is 2.55. The summed E-state index contributed by atoms with van der Waals surface area (Å²) < 4.78 is 26.4. The molecule has 1 heterocycles. The number of aryl methyl sites for hydroxylation is 1. The Balaban J connectivity index is 2.20. The fourth-order valence-electron chi connectivity index (χ4n) is 3.43. The molecule has 0 aromatic heterocycles. The Hall–Kier alpha value is -1.44. The number of nitrogens with one attached hydrogen (secondary N) is 1. The van der Waals surface area contributed by atoms with Gasteiger partial charge in [-0.3, -0.25) is 9.69 Å². The Morgan fingerprint density at radius 2 is 1.74 bits per heavy atom. The first-order chi connectivity index (χ1) is 12.5. The number of likely N-dealkylation sites (tertiary alicyclic amines) is 1. The lowest BCUT2D eigenvalue weighted by molar-refractivity contribution is 0.0797. The van der Waals surface area contributed by atoms with Crippen molar-refractivity contribution < 1.29 is 13.2 Å². The second-order valence-electron chi connectivity index (χ2n) is 8.25. The van der Waals surface area contributed by atoms with Crippen LogP contribution >= 0.6 is 0 Å². The van der Waals surface area contributed by atoms with E-state index in [0.29, 0.717) is 17.7 Å². The van der Waals surface area contributed by atoms with Crippen molar-refractivity contribution in [2.45, 2.75) is 57.4 Å².